The highest BCUT2D eigenvalue weighted by molar-refractivity contribution is 5.75. The highest BCUT2D eigenvalue weighted by atomic mass is 16.2. The number of aryl methyl sites for hydroxylation is 1. The van der Waals surface area contributed by atoms with Crippen molar-refractivity contribution in [1.82, 2.24) is 15.2 Å². The Bertz CT molecular complexity index is 425. The zero-order valence-electron chi connectivity index (χ0n) is 11.9. The molecule has 1 aromatic heterocycles. The molecule has 0 spiro atoms. The molecule has 0 unspecified atom stereocenters. The molecule has 0 radical (unpaired) electrons. The Morgan fingerprint density at radius 1 is 1.47 bits per heavy atom. The average Bonchev–Trinajstić information content (AvgIpc) is 2.46. The van der Waals surface area contributed by atoms with Crippen LogP contribution in [0.4, 0.5) is 0 Å². The van der Waals surface area contributed by atoms with Gasteiger partial charge in [0.15, 0.2) is 0 Å². The van der Waals surface area contributed by atoms with Crippen LogP contribution in [0.3, 0.4) is 0 Å². The number of carbonyl (C=O) groups is 1. The van der Waals surface area contributed by atoms with Gasteiger partial charge in [-0.1, -0.05) is 6.07 Å². The first-order chi connectivity index (χ1) is 9.16. The van der Waals surface area contributed by atoms with E-state index in [1.54, 1.807) is 19.0 Å². The number of hydrogen-bond acceptors (Lipinski definition) is 3. The maximum absolute atomic E-state index is 11.6. The Hall–Kier alpha value is -1.42. The summed E-state index contributed by atoms with van der Waals surface area (Å²) < 4.78 is 0. The quantitative estimate of drug-likeness (QED) is 0.895. The number of hydrogen-bond donors (Lipinski definition) is 1. The molecule has 0 bridgehead atoms. The Morgan fingerprint density at radius 2 is 2.32 bits per heavy atom. The molecule has 1 aliphatic heterocycles. The van der Waals surface area contributed by atoms with Crippen molar-refractivity contribution in [3.05, 3.63) is 29.6 Å². The van der Waals surface area contributed by atoms with Crippen molar-refractivity contribution in [1.29, 1.82) is 0 Å². The summed E-state index contributed by atoms with van der Waals surface area (Å²) >= 11 is 0. The molecule has 0 aromatic carbocycles. The fraction of sp³-hybridized carbons (Fsp3) is 0.600. The monoisotopic (exact) mass is 261 g/mol. The molecule has 0 aliphatic carbocycles. The molecule has 1 saturated heterocycles. The van der Waals surface area contributed by atoms with Crippen LogP contribution < -0.4 is 5.32 Å². The first kappa shape index (κ1) is 14.0. The largest absolute Gasteiger partial charge is 0.349 e. The lowest BCUT2D eigenvalue weighted by Crippen LogP contribution is -2.29. The second kappa shape index (κ2) is 6.66. The van der Waals surface area contributed by atoms with Gasteiger partial charge < -0.3 is 10.2 Å². The first-order valence-electron chi connectivity index (χ1n) is 7.03. The molecule has 104 valence electrons. The summed E-state index contributed by atoms with van der Waals surface area (Å²) in [7, 11) is 3.58. The molecule has 4 nitrogen and oxygen atoms in total. The molecule has 4 heteroatoms. The second-order valence-corrected chi connectivity index (χ2v) is 5.39. The summed E-state index contributed by atoms with van der Waals surface area (Å²) in [6.07, 6.45) is 3.69. The summed E-state index contributed by atoms with van der Waals surface area (Å²) in [6.45, 7) is 2.14. The molecule has 2 rings (SSSR count). The van der Waals surface area contributed by atoms with Gasteiger partial charge in [-0.25, -0.2) is 0 Å². The van der Waals surface area contributed by atoms with E-state index in [9.17, 15) is 4.79 Å². The van der Waals surface area contributed by atoms with Crippen LogP contribution in [0, 0.1) is 0 Å². The molecule has 1 aliphatic rings. The number of nitrogens with one attached hydrogen (secondary N) is 1. The first-order valence-corrected chi connectivity index (χ1v) is 7.03. The number of piperidine rings is 1. The molecule has 1 fully saturated rings. The maximum atomic E-state index is 11.6. The topological polar surface area (TPSA) is 45.2 Å². The lowest BCUT2D eigenvalue weighted by molar-refractivity contribution is -0.128. The van der Waals surface area contributed by atoms with Crippen LogP contribution in [-0.2, 0) is 11.2 Å². The predicted octanol–water partition coefficient (Wildman–Crippen LogP) is 1.57. The summed E-state index contributed by atoms with van der Waals surface area (Å²) in [5.74, 6) is 0.685. The van der Waals surface area contributed by atoms with Gasteiger partial charge in [0.2, 0.25) is 5.91 Å². The van der Waals surface area contributed by atoms with Gasteiger partial charge in [0.1, 0.15) is 0 Å². The van der Waals surface area contributed by atoms with Gasteiger partial charge in [-0.3, -0.25) is 9.78 Å². The van der Waals surface area contributed by atoms with Gasteiger partial charge in [0, 0.05) is 44.4 Å². The van der Waals surface area contributed by atoms with Gasteiger partial charge in [0.25, 0.3) is 0 Å². The summed E-state index contributed by atoms with van der Waals surface area (Å²) in [5.41, 5.74) is 2.19. The van der Waals surface area contributed by atoms with Gasteiger partial charge in [-0.2, -0.15) is 0 Å². The van der Waals surface area contributed by atoms with Crippen molar-refractivity contribution in [2.75, 3.05) is 27.2 Å². The van der Waals surface area contributed by atoms with E-state index < -0.39 is 0 Å². The van der Waals surface area contributed by atoms with Crippen molar-refractivity contribution >= 4 is 5.91 Å². The molecule has 19 heavy (non-hydrogen) atoms. The zero-order chi connectivity index (χ0) is 13.7. The number of rotatable bonds is 4. The van der Waals surface area contributed by atoms with Crippen LogP contribution >= 0.6 is 0 Å². The molecule has 1 N–H and O–H groups in total. The van der Waals surface area contributed by atoms with Gasteiger partial charge in [-0.15, -0.1) is 0 Å². The second-order valence-electron chi connectivity index (χ2n) is 5.39. The van der Waals surface area contributed by atoms with E-state index in [-0.39, 0.29) is 5.91 Å². The normalized spacial score (nSPS) is 19.2. The lowest BCUT2D eigenvalue weighted by Gasteiger charge is -2.22. The Morgan fingerprint density at radius 3 is 3.00 bits per heavy atom. The number of nitrogens with zero attached hydrogens (tertiary/aromatic N) is 2. The molecule has 0 saturated carbocycles. The zero-order valence-corrected chi connectivity index (χ0v) is 11.9. The van der Waals surface area contributed by atoms with Gasteiger partial charge in [0.05, 0.1) is 0 Å². The number of pyridine rings is 1. The van der Waals surface area contributed by atoms with Gasteiger partial charge in [-0.05, 0) is 37.9 Å². The summed E-state index contributed by atoms with van der Waals surface area (Å²) in [4.78, 5) is 17.9. The van der Waals surface area contributed by atoms with E-state index in [2.05, 4.69) is 17.4 Å². The molecular formula is C15H23N3O. The van der Waals surface area contributed by atoms with Crippen molar-refractivity contribution in [3.63, 3.8) is 0 Å². The van der Waals surface area contributed by atoms with E-state index >= 15 is 0 Å². The van der Waals surface area contributed by atoms with E-state index in [1.165, 1.54) is 18.5 Å². The smallest absolute Gasteiger partial charge is 0.222 e. The van der Waals surface area contributed by atoms with Crippen LogP contribution in [-0.4, -0.2) is 43.0 Å². The SMILES string of the molecule is CN(C)C(=O)CCc1cccc([C@@H]2CCCNC2)n1. The van der Waals surface area contributed by atoms with E-state index in [0.717, 1.165) is 25.2 Å². The standard InChI is InChI=1S/C15H23N3O/c1-18(2)15(19)9-8-13-6-3-7-14(17-13)12-5-4-10-16-11-12/h3,6-7,12,16H,4-5,8-11H2,1-2H3/t12-/m1/s1. The molecule has 1 aromatic rings. The fourth-order valence-electron chi connectivity index (χ4n) is 2.43. The van der Waals surface area contributed by atoms with Gasteiger partial charge >= 0.3 is 0 Å². The number of aromatic nitrogens is 1. The van der Waals surface area contributed by atoms with Crippen LogP contribution in [0.2, 0.25) is 0 Å². The van der Waals surface area contributed by atoms with Crippen molar-refractivity contribution in [2.45, 2.75) is 31.6 Å². The van der Waals surface area contributed by atoms with Crippen LogP contribution in [0.25, 0.3) is 0 Å². The Kier molecular flexibility index (Phi) is 4.91. The third-order valence-electron chi connectivity index (χ3n) is 3.64. The van der Waals surface area contributed by atoms with Crippen molar-refractivity contribution < 1.29 is 4.79 Å². The number of carbonyl (C=O) groups excluding carboxylic acids is 1. The molecule has 2 heterocycles. The highest BCUT2D eigenvalue weighted by Crippen LogP contribution is 2.21. The lowest BCUT2D eigenvalue weighted by atomic mass is 9.95. The molecule has 1 amide bonds. The predicted molar refractivity (Wildman–Crippen MR) is 76.1 cm³/mol. The van der Waals surface area contributed by atoms with E-state index in [4.69, 9.17) is 4.98 Å². The Labute approximate surface area is 115 Å². The minimum Gasteiger partial charge on any atom is -0.349 e. The van der Waals surface area contributed by atoms with Crippen LogP contribution in [0.5, 0.6) is 0 Å². The minimum atomic E-state index is 0.159. The summed E-state index contributed by atoms with van der Waals surface area (Å²) in [6, 6.07) is 6.18. The maximum Gasteiger partial charge on any atom is 0.222 e. The molecule has 1 atom stereocenters. The van der Waals surface area contributed by atoms with Crippen LogP contribution in [0.15, 0.2) is 18.2 Å². The van der Waals surface area contributed by atoms with E-state index in [0.29, 0.717) is 12.3 Å². The third-order valence-corrected chi connectivity index (χ3v) is 3.64. The molecular weight excluding hydrogens is 238 g/mol. The van der Waals surface area contributed by atoms with Crippen molar-refractivity contribution in [3.8, 4) is 0 Å². The third kappa shape index (κ3) is 4.03. The Balaban J connectivity index is 1.96. The summed E-state index contributed by atoms with van der Waals surface area (Å²) in [5, 5.41) is 3.42. The average molecular weight is 261 g/mol. The minimum absolute atomic E-state index is 0.159. The number of amides is 1. The highest BCUT2D eigenvalue weighted by Gasteiger charge is 2.16. The van der Waals surface area contributed by atoms with Crippen molar-refractivity contribution in [2.24, 2.45) is 0 Å². The fourth-order valence-corrected chi connectivity index (χ4v) is 2.43. The van der Waals surface area contributed by atoms with E-state index in [1.807, 2.05) is 6.07 Å². The van der Waals surface area contributed by atoms with Crippen LogP contribution in [0.1, 0.15) is 36.6 Å².